The number of hydrogen-bond acceptors (Lipinski definition) is 3. The molecule has 1 N–H and O–H groups in total. The van der Waals surface area contributed by atoms with Gasteiger partial charge in [0.25, 0.3) is 0 Å². The molecule has 17 heavy (non-hydrogen) atoms. The third-order valence-electron chi connectivity index (χ3n) is 2.47. The first-order chi connectivity index (χ1) is 8.20. The summed E-state index contributed by atoms with van der Waals surface area (Å²) in [6, 6.07) is 6.54. The summed E-state index contributed by atoms with van der Waals surface area (Å²) in [7, 11) is 0. The van der Waals surface area contributed by atoms with E-state index in [1.165, 1.54) is 14.2 Å². The summed E-state index contributed by atoms with van der Waals surface area (Å²) in [6.07, 6.45) is 1.00. The van der Waals surface area contributed by atoms with Crippen LogP contribution in [0.2, 0.25) is 4.34 Å². The van der Waals surface area contributed by atoms with Gasteiger partial charge in [0.05, 0.1) is 4.34 Å². The van der Waals surface area contributed by atoms with Crippen molar-refractivity contribution in [2.75, 3.05) is 6.54 Å². The molecule has 2 heterocycles. The van der Waals surface area contributed by atoms with E-state index in [4.69, 9.17) is 11.6 Å². The average Bonchev–Trinajstić information content (AvgIpc) is 2.88. The van der Waals surface area contributed by atoms with Crippen LogP contribution in [-0.2, 0) is 6.42 Å². The summed E-state index contributed by atoms with van der Waals surface area (Å²) in [5, 5.41) is 5.63. The smallest absolute Gasteiger partial charge is 0.0931 e. The third-order valence-corrected chi connectivity index (χ3v) is 5.76. The largest absolute Gasteiger partial charge is 0.309 e. The normalized spacial score (nSPS) is 12.9. The van der Waals surface area contributed by atoms with Gasteiger partial charge in [0.15, 0.2) is 0 Å². The molecule has 0 amide bonds. The Morgan fingerprint density at radius 3 is 2.76 bits per heavy atom. The molecular weight excluding hydrogens is 338 g/mol. The quantitative estimate of drug-likeness (QED) is 0.789. The Morgan fingerprint density at radius 1 is 1.41 bits per heavy atom. The van der Waals surface area contributed by atoms with Gasteiger partial charge in [-0.05, 0) is 46.1 Å². The number of thiophene rings is 2. The summed E-state index contributed by atoms with van der Waals surface area (Å²) in [4.78, 5) is 2.68. The first-order valence-electron chi connectivity index (χ1n) is 5.41. The number of halogens is 2. The van der Waals surface area contributed by atoms with Gasteiger partial charge in [0.1, 0.15) is 0 Å². The SMILES string of the molecule is CCNC(Cc1sccc1Br)c1ccc(Cl)s1. The van der Waals surface area contributed by atoms with Crippen LogP contribution in [0, 0.1) is 0 Å². The molecule has 2 aromatic heterocycles. The van der Waals surface area contributed by atoms with Crippen molar-refractivity contribution < 1.29 is 0 Å². The highest BCUT2D eigenvalue weighted by Gasteiger charge is 2.15. The van der Waals surface area contributed by atoms with Crippen LogP contribution in [-0.4, -0.2) is 6.54 Å². The molecule has 0 spiro atoms. The Bertz CT molecular complexity index is 480. The predicted molar refractivity (Wildman–Crippen MR) is 81.5 cm³/mol. The lowest BCUT2D eigenvalue weighted by Crippen LogP contribution is -2.21. The number of hydrogen-bond donors (Lipinski definition) is 1. The zero-order chi connectivity index (χ0) is 12.3. The summed E-state index contributed by atoms with van der Waals surface area (Å²) in [5.41, 5.74) is 0. The molecule has 0 aliphatic rings. The lowest BCUT2D eigenvalue weighted by molar-refractivity contribution is 0.561. The fourth-order valence-electron chi connectivity index (χ4n) is 1.69. The third kappa shape index (κ3) is 3.55. The van der Waals surface area contributed by atoms with E-state index >= 15 is 0 Å². The van der Waals surface area contributed by atoms with Gasteiger partial charge in [0, 0.05) is 26.7 Å². The van der Waals surface area contributed by atoms with Gasteiger partial charge in [-0.15, -0.1) is 22.7 Å². The van der Waals surface area contributed by atoms with Crippen molar-refractivity contribution in [2.45, 2.75) is 19.4 Å². The van der Waals surface area contributed by atoms with Gasteiger partial charge in [0.2, 0.25) is 0 Å². The van der Waals surface area contributed by atoms with Gasteiger partial charge in [-0.2, -0.15) is 0 Å². The molecule has 0 saturated carbocycles. The molecule has 2 rings (SSSR count). The topological polar surface area (TPSA) is 12.0 Å². The maximum absolute atomic E-state index is 6.00. The molecule has 0 radical (unpaired) electrons. The molecule has 1 nitrogen and oxygen atoms in total. The molecule has 0 bridgehead atoms. The first kappa shape index (κ1) is 13.6. The van der Waals surface area contributed by atoms with Crippen LogP contribution in [0.15, 0.2) is 28.1 Å². The molecule has 0 saturated heterocycles. The molecule has 0 aliphatic carbocycles. The van der Waals surface area contributed by atoms with Crippen LogP contribution < -0.4 is 5.32 Å². The number of likely N-dealkylation sites (N-methyl/N-ethyl adjacent to an activating group) is 1. The summed E-state index contributed by atoms with van der Waals surface area (Å²) in [5.74, 6) is 0. The van der Waals surface area contributed by atoms with Crippen molar-refractivity contribution in [1.29, 1.82) is 0 Å². The maximum atomic E-state index is 6.00. The van der Waals surface area contributed by atoms with E-state index in [1.807, 2.05) is 6.07 Å². The fourth-order valence-corrected chi connectivity index (χ4v) is 4.39. The van der Waals surface area contributed by atoms with Gasteiger partial charge >= 0.3 is 0 Å². The minimum atomic E-state index is 0.354. The van der Waals surface area contributed by atoms with Crippen LogP contribution in [0.3, 0.4) is 0 Å². The second-order valence-electron chi connectivity index (χ2n) is 3.65. The average molecular weight is 351 g/mol. The maximum Gasteiger partial charge on any atom is 0.0931 e. The van der Waals surface area contributed by atoms with Gasteiger partial charge in [-0.25, -0.2) is 0 Å². The molecule has 0 aliphatic heterocycles. The number of rotatable bonds is 5. The Morgan fingerprint density at radius 2 is 2.24 bits per heavy atom. The van der Waals surface area contributed by atoms with Crippen LogP contribution in [0.5, 0.6) is 0 Å². The lowest BCUT2D eigenvalue weighted by Gasteiger charge is -2.15. The molecular formula is C12H13BrClNS2. The summed E-state index contributed by atoms with van der Waals surface area (Å²) < 4.78 is 2.06. The second-order valence-corrected chi connectivity index (χ2v) is 7.25. The van der Waals surface area contributed by atoms with E-state index in [-0.39, 0.29) is 0 Å². The molecule has 5 heteroatoms. The van der Waals surface area contributed by atoms with Crippen LogP contribution >= 0.6 is 50.2 Å². The van der Waals surface area contributed by atoms with Crippen molar-refractivity contribution >= 4 is 50.2 Å². The molecule has 0 fully saturated rings. The highest BCUT2D eigenvalue weighted by atomic mass is 79.9. The van der Waals surface area contributed by atoms with E-state index in [1.54, 1.807) is 22.7 Å². The zero-order valence-corrected chi connectivity index (χ0v) is 13.3. The Hall–Kier alpha value is 0.130. The predicted octanol–water partition coefficient (Wildman–Crippen LogP) is 5.12. The van der Waals surface area contributed by atoms with E-state index in [0.29, 0.717) is 6.04 Å². The number of nitrogens with one attached hydrogen (secondary N) is 1. The van der Waals surface area contributed by atoms with Crippen LogP contribution in [0.1, 0.15) is 22.7 Å². The highest BCUT2D eigenvalue weighted by Crippen LogP contribution is 2.32. The summed E-state index contributed by atoms with van der Waals surface area (Å²) >= 11 is 13.0. The van der Waals surface area contributed by atoms with Gasteiger partial charge in [-0.3, -0.25) is 0 Å². The Labute approximate surface area is 123 Å². The van der Waals surface area contributed by atoms with Gasteiger partial charge in [-0.1, -0.05) is 18.5 Å². The molecule has 0 aromatic carbocycles. The van der Waals surface area contributed by atoms with Crippen molar-refractivity contribution in [2.24, 2.45) is 0 Å². The minimum Gasteiger partial charge on any atom is -0.309 e. The second kappa shape index (κ2) is 6.34. The minimum absolute atomic E-state index is 0.354. The van der Waals surface area contributed by atoms with Crippen LogP contribution in [0.4, 0.5) is 0 Å². The van der Waals surface area contributed by atoms with Crippen molar-refractivity contribution in [1.82, 2.24) is 5.32 Å². The molecule has 2 aromatic rings. The van der Waals surface area contributed by atoms with E-state index in [9.17, 15) is 0 Å². The standard InChI is InChI=1S/C12H13BrClNS2/c1-2-15-9(10-3-4-12(14)17-10)7-11-8(13)5-6-16-11/h3-6,9,15H,2,7H2,1H3. The van der Waals surface area contributed by atoms with Crippen molar-refractivity contribution in [3.63, 3.8) is 0 Å². The van der Waals surface area contributed by atoms with Gasteiger partial charge < -0.3 is 5.32 Å². The lowest BCUT2D eigenvalue weighted by atomic mass is 10.1. The molecule has 92 valence electrons. The first-order valence-corrected chi connectivity index (χ1v) is 8.28. The highest BCUT2D eigenvalue weighted by molar-refractivity contribution is 9.10. The zero-order valence-electron chi connectivity index (χ0n) is 9.37. The monoisotopic (exact) mass is 349 g/mol. The van der Waals surface area contributed by atoms with Crippen molar-refractivity contribution in [3.8, 4) is 0 Å². The fraction of sp³-hybridized carbons (Fsp3) is 0.333. The van der Waals surface area contributed by atoms with Crippen molar-refractivity contribution in [3.05, 3.63) is 42.1 Å². The Kier molecular flexibility index (Phi) is 5.06. The molecule has 1 unspecified atom stereocenters. The van der Waals surface area contributed by atoms with Crippen LogP contribution in [0.25, 0.3) is 0 Å². The van der Waals surface area contributed by atoms with E-state index in [2.05, 4.69) is 45.7 Å². The van der Waals surface area contributed by atoms with E-state index < -0.39 is 0 Å². The molecule has 1 atom stereocenters. The Balaban J connectivity index is 2.15. The van der Waals surface area contributed by atoms with E-state index in [0.717, 1.165) is 17.3 Å². The summed E-state index contributed by atoms with van der Waals surface area (Å²) in [6.45, 7) is 3.09.